The molecule has 2 fully saturated rings. The Labute approximate surface area is 216 Å². The topological polar surface area (TPSA) is 65.5 Å². The third-order valence-corrected chi connectivity index (χ3v) is 9.39. The number of pyridine rings is 1. The van der Waals surface area contributed by atoms with E-state index in [1.54, 1.807) is 30.0 Å². The molecule has 1 saturated carbocycles. The zero-order valence-corrected chi connectivity index (χ0v) is 21.5. The maximum atomic E-state index is 14.4. The maximum absolute atomic E-state index is 14.4. The number of carbonyl (C=O) groups is 1. The third kappa shape index (κ3) is 4.79. The van der Waals surface area contributed by atoms with Crippen molar-refractivity contribution in [2.24, 2.45) is 5.41 Å². The minimum Gasteiger partial charge on any atom is -0.505 e. The quantitative estimate of drug-likeness (QED) is 0.438. The first kappa shape index (κ1) is 27.0. The molecule has 0 radical (unpaired) electrons. The maximum Gasteiger partial charge on any atom is 0.395 e. The molecule has 2 N–H and O–H groups in total. The van der Waals surface area contributed by atoms with Crippen LogP contribution in [0.25, 0.3) is 0 Å². The van der Waals surface area contributed by atoms with Crippen molar-refractivity contribution < 1.29 is 27.5 Å². The first-order valence-corrected chi connectivity index (χ1v) is 13.1. The fourth-order valence-electron chi connectivity index (χ4n) is 5.27. The lowest BCUT2D eigenvalue weighted by atomic mass is 9.79. The minimum absolute atomic E-state index is 0.0192. The standard InChI is InChI=1S/C25H28ClF4N3O2S/c1-33(2)24(14-36-12-18(24)16-5-6-19(34)22(27)21(16)26)13-32-20(35)10-17(15-4-3-9-31-11-15)23(7-8-23)25(28,29)30/h3-6,9,11,17-18,34H,7-8,10,12-14H2,1-2H3,(H,32,35)/t17-,18?,24-/m1/s1. The van der Waals surface area contributed by atoms with E-state index in [1.807, 2.05) is 19.0 Å². The van der Waals surface area contributed by atoms with Gasteiger partial charge in [0.15, 0.2) is 11.6 Å². The second kappa shape index (κ2) is 10.0. The highest BCUT2D eigenvalue weighted by Crippen LogP contribution is 2.66. The number of thioether (sulfide) groups is 1. The van der Waals surface area contributed by atoms with E-state index >= 15 is 0 Å². The molecule has 11 heteroatoms. The van der Waals surface area contributed by atoms with Crippen LogP contribution in [0.5, 0.6) is 5.75 Å². The Hall–Kier alpha value is -2.04. The van der Waals surface area contributed by atoms with Gasteiger partial charge in [0, 0.05) is 48.7 Å². The highest BCUT2D eigenvalue weighted by molar-refractivity contribution is 7.99. The predicted octanol–water partition coefficient (Wildman–Crippen LogP) is 5.34. The molecule has 2 aliphatic rings. The van der Waals surface area contributed by atoms with E-state index < -0.39 is 40.5 Å². The molecule has 1 aromatic carbocycles. The van der Waals surface area contributed by atoms with E-state index in [0.717, 1.165) is 0 Å². The van der Waals surface area contributed by atoms with Gasteiger partial charge in [-0.15, -0.1) is 0 Å². The van der Waals surface area contributed by atoms with Crippen molar-refractivity contribution in [2.75, 3.05) is 32.1 Å². The summed E-state index contributed by atoms with van der Waals surface area (Å²) < 4.78 is 56.3. The predicted molar refractivity (Wildman–Crippen MR) is 132 cm³/mol. The summed E-state index contributed by atoms with van der Waals surface area (Å²) >= 11 is 7.86. The summed E-state index contributed by atoms with van der Waals surface area (Å²) in [6.45, 7) is 0.147. The number of benzene rings is 1. The van der Waals surface area contributed by atoms with E-state index in [4.69, 9.17) is 11.6 Å². The fraction of sp³-hybridized carbons (Fsp3) is 0.520. The summed E-state index contributed by atoms with van der Waals surface area (Å²) in [5.41, 5.74) is -1.67. The van der Waals surface area contributed by atoms with Gasteiger partial charge in [0.2, 0.25) is 5.91 Å². The number of halogens is 5. The molecular weight excluding hydrogens is 518 g/mol. The molecule has 36 heavy (non-hydrogen) atoms. The van der Waals surface area contributed by atoms with E-state index in [2.05, 4.69) is 10.3 Å². The molecule has 2 aromatic rings. The third-order valence-electron chi connectivity index (χ3n) is 7.73. The second-order valence-corrected chi connectivity index (χ2v) is 11.2. The normalized spacial score (nSPS) is 24.1. The summed E-state index contributed by atoms with van der Waals surface area (Å²) in [5.74, 6) is -2.03. The molecule has 196 valence electrons. The molecular formula is C25H28ClF4N3O2S. The monoisotopic (exact) mass is 545 g/mol. The van der Waals surface area contributed by atoms with Crippen LogP contribution in [-0.2, 0) is 4.79 Å². The fourth-order valence-corrected chi connectivity index (χ4v) is 7.32. The number of hydrogen-bond donors (Lipinski definition) is 2. The Morgan fingerprint density at radius 1 is 1.33 bits per heavy atom. The van der Waals surface area contributed by atoms with Crippen molar-refractivity contribution in [3.05, 3.63) is 58.6 Å². The molecule has 2 heterocycles. The van der Waals surface area contributed by atoms with Gasteiger partial charge >= 0.3 is 6.18 Å². The Morgan fingerprint density at radius 3 is 2.64 bits per heavy atom. The lowest BCUT2D eigenvalue weighted by Crippen LogP contribution is -2.56. The molecule has 3 atom stereocenters. The first-order chi connectivity index (χ1) is 16.9. The van der Waals surface area contributed by atoms with Gasteiger partial charge in [-0.05, 0) is 50.2 Å². The Bertz CT molecular complexity index is 1110. The Kier molecular flexibility index (Phi) is 7.52. The Balaban J connectivity index is 1.56. The number of aromatic hydroxyl groups is 1. The summed E-state index contributed by atoms with van der Waals surface area (Å²) in [5, 5.41) is 12.4. The van der Waals surface area contributed by atoms with Crippen LogP contribution < -0.4 is 5.32 Å². The largest absolute Gasteiger partial charge is 0.505 e. The molecule has 0 spiro atoms. The van der Waals surface area contributed by atoms with E-state index in [-0.39, 0.29) is 36.7 Å². The lowest BCUT2D eigenvalue weighted by molar-refractivity contribution is -0.194. The van der Waals surface area contributed by atoms with Gasteiger partial charge in [-0.1, -0.05) is 23.7 Å². The summed E-state index contributed by atoms with van der Waals surface area (Å²) in [7, 11) is 3.69. The van der Waals surface area contributed by atoms with E-state index in [1.165, 1.54) is 18.5 Å². The number of phenols is 1. The van der Waals surface area contributed by atoms with Crippen LogP contribution in [0.4, 0.5) is 17.6 Å². The summed E-state index contributed by atoms with van der Waals surface area (Å²) in [6.07, 6.45) is -1.89. The van der Waals surface area contributed by atoms with Gasteiger partial charge in [0.05, 0.1) is 16.0 Å². The van der Waals surface area contributed by atoms with Crippen LogP contribution in [-0.4, -0.2) is 64.8 Å². The highest BCUT2D eigenvalue weighted by atomic mass is 35.5. The van der Waals surface area contributed by atoms with Gasteiger partial charge in [0.25, 0.3) is 0 Å². The molecule has 1 aliphatic heterocycles. The zero-order valence-electron chi connectivity index (χ0n) is 19.9. The summed E-state index contributed by atoms with van der Waals surface area (Å²) in [6, 6.07) is 6.00. The van der Waals surface area contributed by atoms with Gasteiger partial charge < -0.3 is 15.3 Å². The minimum atomic E-state index is -4.43. The number of likely N-dealkylation sites (N-methyl/N-ethyl adjacent to an activating group) is 1. The van der Waals surface area contributed by atoms with Gasteiger partial charge in [-0.3, -0.25) is 9.78 Å². The molecule has 0 bridgehead atoms. The van der Waals surface area contributed by atoms with Gasteiger partial charge in [-0.2, -0.15) is 24.9 Å². The molecule has 5 nitrogen and oxygen atoms in total. The SMILES string of the molecule is CN(C)[C@]1(CNC(=O)C[C@H](c2cccnc2)C2(C(F)(F)F)CC2)CSCC1c1ccc(O)c(F)c1Cl. The number of hydrogen-bond acceptors (Lipinski definition) is 5. The molecule has 1 amide bonds. The van der Waals surface area contributed by atoms with Crippen LogP contribution in [0, 0.1) is 11.2 Å². The molecule has 4 rings (SSSR count). The van der Waals surface area contributed by atoms with Crippen molar-refractivity contribution >= 4 is 29.3 Å². The number of alkyl halides is 3. The van der Waals surface area contributed by atoms with Crippen LogP contribution in [0.2, 0.25) is 5.02 Å². The number of carbonyl (C=O) groups excluding carboxylic acids is 1. The van der Waals surface area contributed by atoms with Crippen molar-refractivity contribution in [2.45, 2.75) is 42.8 Å². The number of nitrogens with one attached hydrogen (secondary N) is 1. The molecule has 1 aliphatic carbocycles. The average molecular weight is 546 g/mol. The Morgan fingerprint density at radius 2 is 2.06 bits per heavy atom. The van der Waals surface area contributed by atoms with Crippen molar-refractivity contribution in [3.63, 3.8) is 0 Å². The number of amides is 1. The average Bonchev–Trinajstić information content (AvgIpc) is 3.54. The molecule has 1 unspecified atom stereocenters. The zero-order chi connectivity index (χ0) is 26.3. The smallest absolute Gasteiger partial charge is 0.395 e. The van der Waals surface area contributed by atoms with Crippen molar-refractivity contribution in [1.29, 1.82) is 0 Å². The molecule has 1 aromatic heterocycles. The number of nitrogens with zero attached hydrogens (tertiary/aromatic N) is 2. The first-order valence-electron chi connectivity index (χ1n) is 11.6. The number of phenolic OH excluding ortho intramolecular Hbond substituents is 1. The lowest BCUT2D eigenvalue weighted by Gasteiger charge is -2.42. The van der Waals surface area contributed by atoms with Gasteiger partial charge in [-0.25, -0.2) is 4.39 Å². The van der Waals surface area contributed by atoms with Gasteiger partial charge in [0.1, 0.15) is 0 Å². The van der Waals surface area contributed by atoms with Crippen LogP contribution >= 0.6 is 23.4 Å². The highest BCUT2D eigenvalue weighted by Gasteiger charge is 2.67. The molecule has 1 saturated heterocycles. The van der Waals surface area contributed by atoms with Crippen LogP contribution in [0.1, 0.15) is 42.2 Å². The van der Waals surface area contributed by atoms with E-state index in [9.17, 15) is 27.5 Å². The van der Waals surface area contributed by atoms with Crippen molar-refractivity contribution in [3.8, 4) is 5.75 Å². The summed E-state index contributed by atoms with van der Waals surface area (Å²) in [4.78, 5) is 19.0. The number of aromatic nitrogens is 1. The van der Waals surface area contributed by atoms with Crippen molar-refractivity contribution in [1.82, 2.24) is 15.2 Å². The number of rotatable bonds is 8. The second-order valence-electron chi connectivity index (χ2n) is 9.84. The van der Waals surface area contributed by atoms with Crippen LogP contribution in [0.15, 0.2) is 36.7 Å². The van der Waals surface area contributed by atoms with Crippen LogP contribution in [0.3, 0.4) is 0 Å². The van der Waals surface area contributed by atoms with E-state index in [0.29, 0.717) is 22.6 Å².